The molecule has 10 atom stereocenters. The van der Waals surface area contributed by atoms with Gasteiger partial charge in [0.1, 0.15) is 36.7 Å². The lowest BCUT2D eigenvalue weighted by molar-refractivity contribution is -0.305. The van der Waals surface area contributed by atoms with Gasteiger partial charge in [-0.25, -0.2) is 9.11 Å². The maximum absolute atomic E-state index is 12.0. The van der Waals surface area contributed by atoms with Crippen LogP contribution in [-0.2, 0) is 32.0 Å². The molecule has 0 aliphatic carbocycles. The standard InChI is InChI=1S/C16H26N2O16P2/c1-6-3-18(16(25)17-14(6)24)10-2-7(20)9(31-10)5-30-35(26,27)34-36(28,29)33-15-13(23)12(22)11(21)8(4-19)32-15/h3,7-13,15,19-23H,2,4-5H2,1H3,(H,26,27)(H,28,29)(H,17,24,25)/p-2/t7-,8+,9+,10+,11+,12-,13+,15-/m0/s1. The Morgan fingerprint density at radius 1 is 1.08 bits per heavy atom. The lowest BCUT2D eigenvalue weighted by Gasteiger charge is -2.41. The molecule has 18 nitrogen and oxygen atoms in total. The van der Waals surface area contributed by atoms with Crippen LogP contribution in [0, 0.1) is 6.92 Å². The predicted octanol–water partition coefficient (Wildman–Crippen LogP) is -4.72. The van der Waals surface area contributed by atoms with Gasteiger partial charge in [0.05, 0.1) is 19.3 Å². The number of aryl methyl sites for hydroxylation is 1. The Morgan fingerprint density at radius 2 is 1.75 bits per heavy atom. The lowest BCUT2D eigenvalue weighted by Crippen LogP contribution is -2.59. The number of hydrogen-bond acceptors (Lipinski definition) is 16. The summed E-state index contributed by atoms with van der Waals surface area (Å²) in [5, 5.41) is 48.4. The molecule has 206 valence electrons. The number of nitrogens with one attached hydrogen (secondary N) is 1. The molecule has 0 aromatic carbocycles. The zero-order chi connectivity index (χ0) is 27.0. The first kappa shape index (κ1) is 29.2. The van der Waals surface area contributed by atoms with Gasteiger partial charge in [-0.2, -0.15) is 0 Å². The van der Waals surface area contributed by atoms with Crippen LogP contribution in [0.15, 0.2) is 15.8 Å². The number of aromatic amines is 1. The molecule has 3 rings (SSSR count). The number of aromatic nitrogens is 2. The van der Waals surface area contributed by atoms with Gasteiger partial charge in [-0.05, 0) is 6.92 Å². The fourth-order valence-corrected chi connectivity index (χ4v) is 5.53. The molecule has 20 heteroatoms. The van der Waals surface area contributed by atoms with Crippen molar-refractivity contribution in [3.8, 4) is 0 Å². The monoisotopic (exact) mass is 562 g/mol. The summed E-state index contributed by atoms with van der Waals surface area (Å²) in [7, 11) is -11.6. The van der Waals surface area contributed by atoms with Crippen LogP contribution in [0.4, 0.5) is 0 Å². The molecule has 36 heavy (non-hydrogen) atoms. The first-order chi connectivity index (χ1) is 16.6. The molecule has 0 radical (unpaired) electrons. The first-order valence-electron chi connectivity index (χ1n) is 10.3. The number of phosphoric ester groups is 2. The third-order valence-corrected chi connectivity index (χ3v) is 7.87. The second-order valence-corrected chi connectivity index (χ2v) is 10.9. The van der Waals surface area contributed by atoms with Crippen LogP contribution < -0.4 is 21.0 Å². The number of phosphoric acid groups is 2. The first-order valence-corrected chi connectivity index (χ1v) is 13.2. The van der Waals surface area contributed by atoms with Crippen LogP contribution in [0.25, 0.3) is 0 Å². The van der Waals surface area contributed by atoms with Crippen molar-refractivity contribution in [1.29, 1.82) is 0 Å². The third-order valence-electron chi connectivity index (χ3n) is 5.34. The molecule has 6 N–H and O–H groups in total. The van der Waals surface area contributed by atoms with Crippen molar-refractivity contribution in [3.63, 3.8) is 0 Å². The van der Waals surface area contributed by atoms with Gasteiger partial charge in [0, 0.05) is 18.2 Å². The van der Waals surface area contributed by atoms with Gasteiger partial charge in [0.2, 0.25) is 0 Å². The minimum atomic E-state index is -5.85. The van der Waals surface area contributed by atoms with Crippen molar-refractivity contribution in [2.45, 2.75) is 62.5 Å². The minimum absolute atomic E-state index is 0.162. The maximum Gasteiger partial charge on any atom is 0.330 e. The second-order valence-electron chi connectivity index (χ2n) is 7.99. The van der Waals surface area contributed by atoms with Crippen molar-refractivity contribution in [3.05, 3.63) is 32.6 Å². The van der Waals surface area contributed by atoms with Crippen LogP contribution >= 0.6 is 15.6 Å². The van der Waals surface area contributed by atoms with E-state index >= 15 is 0 Å². The molecular weight excluding hydrogens is 538 g/mol. The molecule has 1 aromatic heterocycles. The number of aliphatic hydroxyl groups is 5. The molecule has 0 bridgehead atoms. The topological polar surface area (TPSA) is 282 Å². The molecule has 2 saturated heterocycles. The smallest absolute Gasteiger partial charge is 0.330 e. The van der Waals surface area contributed by atoms with E-state index in [4.69, 9.17) is 14.6 Å². The summed E-state index contributed by atoms with van der Waals surface area (Å²) in [5.41, 5.74) is -1.32. The van der Waals surface area contributed by atoms with Crippen molar-refractivity contribution < 1.29 is 67.3 Å². The van der Waals surface area contributed by atoms with Gasteiger partial charge in [0.15, 0.2) is 6.29 Å². The number of rotatable bonds is 9. The summed E-state index contributed by atoms with van der Waals surface area (Å²) in [5.74, 6) is 0. The maximum atomic E-state index is 12.0. The van der Waals surface area contributed by atoms with Crippen molar-refractivity contribution in [2.24, 2.45) is 0 Å². The Kier molecular flexibility index (Phi) is 9.08. The number of ether oxygens (including phenoxy) is 2. The summed E-state index contributed by atoms with van der Waals surface area (Å²) in [6.45, 7) is -0.442. The van der Waals surface area contributed by atoms with E-state index in [1.54, 1.807) is 0 Å². The van der Waals surface area contributed by atoms with E-state index in [0.29, 0.717) is 0 Å². The summed E-state index contributed by atoms with van der Waals surface area (Å²) in [4.78, 5) is 49.6. The summed E-state index contributed by atoms with van der Waals surface area (Å²) in [6, 6.07) is 0. The van der Waals surface area contributed by atoms with Crippen LogP contribution in [-0.4, -0.2) is 91.2 Å². The van der Waals surface area contributed by atoms with E-state index in [2.05, 4.69) is 13.4 Å². The van der Waals surface area contributed by atoms with E-state index < -0.39 is 89.2 Å². The van der Waals surface area contributed by atoms with E-state index in [0.717, 1.165) is 4.57 Å². The van der Waals surface area contributed by atoms with Crippen molar-refractivity contribution >= 4 is 15.6 Å². The zero-order valence-corrected chi connectivity index (χ0v) is 20.2. The Labute approximate surface area is 201 Å². The Hall–Kier alpha value is -1.34. The van der Waals surface area contributed by atoms with Gasteiger partial charge in [-0.3, -0.25) is 28.0 Å². The quantitative estimate of drug-likeness (QED) is 0.154. The van der Waals surface area contributed by atoms with E-state index in [9.17, 15) is 48.9 Å². The summed E-state index contributed by atoms with van der Waals surface area (Å²) >= 11 is 0. The number of nitrogens with zero attached hydrogens (tertiary/aromatic N) is 1. The van der Waals surface area contributed by atoms with Gasteiger partial charge in [0.25, 0.3) is 21.2 Å². The van der Waals surface area contributed by atoms with Crippen LogP contribution in [0.2, 0.25) is 0 Å². The molecule has 0 spiro atoms. The molecule has 3 heterocycles. The fourth-order valence-electron chi connectivity index (χ4n) is 3.45. The second kappa shape index (κ2) is 11.2. The van der Waals surface area contributed by atoms with Gasteiger partial charge in [-0.15, -0.1) is 0 Å². The van der Waals surface area contributed by atoms with Gasteiger partial charge in [-0.1, -0.05) is 0 Å². The average molecular weight is 562 g/mol. The molecule has 0 amide bonds. The summed E-state index contributed by atoms with van der Waals surface area (Å²) < 4.78 is 47.8. The highest BCUT2D eigenvalue weighted by molar-refractivity contribution is 7.59. The molecule has 2 unspecified atom stereocenters. The van der Waals surface area contributed by atoms with Crippen molar-refractivity contribution in [1.82, 2.24) is 9.55 Å². The summed E-state index contributed by atoms with van der Waals surface area (Å²) in [6.07, 6.45) is -12.7. The van der Waals surface area contributed by atoms with Crippen LogP contribution in [0.1, 0.15) is 18.2 Å². The lowest BCUT2D eigenvalue weighted by atomic mass is 10.00. The number of H-pyrrole nitrogens is 1. The SMILES string of the molecule is Cc1cn([C@H]2C[C@H](O)[C@@H](COP(=O)([O-])OP(=O)([O-])O[C@@H]3O[C@H](CO)[C@@H](O)[C@H](O)[C@H]3O)O2)c(=O)[nH]c1=O. The van der Waals surface area contributed by atoms with Crippen molar-refractivity contribution in [2.75, 3.05) is 13.2 Å². The van der Waals surface area contributed by atoms with E-state index in [1.807, 2.05) is 4.98 Å². The zero-order valence-electron chi connectivity index (χ0n) is 18.4. The predicted molar refractivity (Wildman–Crippen MR) is 108 cm³/mol. The van der Waals surface area contributed by atoms with Crippen LogP contribution in [0.5, 0.6) is 0 Å². The largest absolute Gasteiger partial charge is 0.756 e. The Morgan fingerprint density at radius 3 is 2.39 bits per heavy atom. The average Bonchev–Trinajstić information content (AvgIpc) is 3.14. The highest BCUT2D eigenvalue weighted by Gasteiger charge is 2.46. The number of hydrogen-bond donors (Lipinski definition) is 6. The molecule has 1 aromatic rings. The molecule has 2 aliphatic rings. The molecule has 2 aliphatic heterocycles. The molecule has 0 saturated carbocycles. The molecular formula is C16H24N2O16P2-2. The van der Waals surface area contributed by atoms with Crippen LogP contribution in [0.3, 0.4) is 0 Å². The highest BCUT2D eigenvalue weighted by atomic mass is 31.3. The van der Waals surface area contributed by atoms with E-state index in [1.165, 1.54) is 13.1 Å². The fraction of sp³-hybridized carbons (Fsp3) is 0.750. The van der Waals surface area contributed by atoms with Gasteiger partial charge < -0.3 is 49.3 Å². The number of aliphatic hydroxyl groups excluding tert-OH is 5. The molecule has 2 fully saturated rings. The third kappa shape index (κ3) is 6.75. The van der Waals surface area contributed by atoms with Gasteiger partial charge >= 0.3 is 5.69 Å². The minimum Gasteiger partial charge on any atom is -0.756 e. The Balaban J connectivity index is 1.59. The van der Waals surface area contributed by atoms with E-state index in [-0.39, 0.29) is 12.0 Å². The normalized spacial score (nSPS) is 36.3. The highest BCUT2D eigenvalue weighted by Crippen LogP contribution is 2.57. The Bertz CT molecular complexity index is 1140.